The van der Waals surface area contributed by atoms with Crippen LogP contribution >= 0.6 is 0 Å². The Hall–Kier alpha value is -2.49. The summed E-state index contributed by atoms with van der Waals surface area (Å²) in [5.74, 6) is 0.516. The van der Waals surface area contributed by atoms with E-state index >= 15 is 0 Å². The molecule has 0 unspecified atom stereocenters. The van der Waals surface area contributed by atoms with E-state index in [1.807, 2.05) is 12.1 Å². The van der Waals surface area contributed by atoms with Gasteiger partial charge in [-0.15, -0.1) is 0 Å². The molecule has 0 spiro atoms. The second-order valence-corrected chi connectivity index (χ2v) is 7.08. The number of urea groups is 1. The largest absolute Gasteiger partial charge is 0.371 e. The molecule has 4 heteroatoms. The van der Waals surface area contributed by atoms with Crippen LogP contribution in [-0.4, -0.2) is 25.7 Å². The maximum atomic E-state index is 12.3. The molecule has 2 N–H and O–H groups in total. The minimum absolute atomic E-state index is 0.0418. The highest BCUT2D eigenvalue weighted by Crippen LogP contribution is 2.30. The van der Waals surface area contributed by atoms with E-state index in [1.165, 1.54) is 16.8 Å². The Morgan fingerprint density at radius 2 is 1.84 bits per heavy atom. The highest BCUT2D eigenvalue weighted by atomic mass is 16.2. The predicted octanol–water partition coefficient (Wildman–Crippen LogP) is 3.50. The third kappa shape index (κ3) is 3.63. The zero-order valence-electron chi connectivity index (χ0n) is 14.4. The minimum atomic E-state index is -0.0418. The predicted molar refractivity (Wildman–Crippen MR) is 101 cm³/mol. The van der Waals surface area contributed by atoms with Gasteiger partial charge in [0.1, 0.15) is 0 Å². The zero-order chi connectivity index (χ0) is 17.1. The van der Waals surface area contributed by atoms with Gasteiger partial charge in [0.25, 0.3) is 0 Å². The van der Waals surface area contributed by atoms with Crippen LogP contribution in [0.4, 0.5) is 10.5 Å². The maximum absolute atomic E-state index is 12.3. The van der Waals surface area contributed by atoms with Crippen LogP contribution < -0.4 is 15.5 Å². The highest BCUT2D eigenvalue weighted by molar-refractivity contribution is 5.74. The van der Waals surface area contributed by atoms with Crippen molar-refractivity contribution in [2.75, 3.05) is 24.5 Å². The van der Waals surface area contributed by atoms with Gasteiger partial charge in [-0.25, -0.2) is 4.79 Å². The summed E-state index contributed by atoms with van der Waals surface area (Å²) in [5.41, 5.74) is 3.91. The standard InChI is InChI=1S/C21H25N3O/c25-21(23-20-11-10-17-6-4-5-9-19(17)20)22-14-16-12-13-24(15-16)18-7-2-1-3-8-18/h1-9,16,20H,10-15H2,(H2,22,23,25)/t16-,20-/m0/s1. The van der Waals surface area contributed by atoms with Crippen molar-refractivity contribution in [2.45, 2.75) is 25.3 Å². The molecule has 0 saturated carbocycles. The van der Waals surface area contributed by atoms with E-state index < -0.39 is 0 Å². The maximum Gasteiger partial charge on any atom is 0.315 e. The van der Waals surface area contributed by atoms with Crippen LogP contribution in [0.25, 0.3) is 0 Å². The Labute approximate surface area is 149 Å². The normalized spacial score (nSPS) is 21.8. The lowest BCUT2D eigenvalue weighted by Crippen LogP contribution is -2.40. The van der Waals surface area contributed by atoms with Crippen LogP contribution in [0.5, 0.6) is 0 Å². The second kappa shape index (κ2) is 7.18. The molecule has 0 bridgehead atoms. The van der Waals surface area contributed by atoms with Crippen LogP contribution in [0.1, 0.15) is 30.0 Å². The lowest BCUT2D eigenvalue weighted by Gasteiger charge is -2.19. The molecule has 2 aromatic carbocycles. The molecule has 4 rings (SSSR count). The first-order chi connectivity index (χ1) is 12.3. The van der Waals surface area contributed by atoms with Crippen LogP contribution in [0.15, 0.2) is 54.6 Å². The van der Waals surface area contributed by atoms with Gasteiger partial charge < -0.3 is 15.5 Å². The Morgan fingerprint density at radius 1 is 1.04 bits per heavy atom. The molecular weight excluding hydrogens is 310 g/mol. The molecule has 1 fully saturated rings. The van der Waals surface area contributed by atoms with Gasteiger partial charge in [0.05, 0.1) is 6.04 Å². The summed E-state index contributed by atoms with van der Waals surface area (Å²) >= 11 is 0. The average molecular weight is 335 g/mol. The zero-order valence-corrected chi connectivity index (χ0v) is 14.4. The van der Waals surface area contributed by atoms with Crippen molar-refractivity contribution in [3.8, 4) is 0 Å². The number of hydrogen-bond acceptors (Lipinski definition) is 2. The van der Waals surface area contributed by atoms with Crippen LogP contribution in [-0.2, 0) is 6.42 Å². The van der Waals surface area contributed by atoms with E-state index in [2.05, 4.69) is 58.0 Å². The van der Waals surface area contributed by atoms with E-state index in [1.54, 1.807) is 0 Å². The molecule has 130 valence electrons. The molecule has 1 aliphatic heterocycles. The first kappa shape index (κ1) is 16.0. The summed E-state index contributed by atoms with van der Waals surface area (Å²) in [6.07, 6.45) is 3.18. The topological polar surface area (TPSA) is 44.4 Å². The van der Waals surface area contributed by atoms with Crippen molar-refractivity contribution in [3.63, 3.8) is 0 Å². The van der Waals surface area contributed by atoms with E-state index in [-0.39, 0.29) is 12.1 Å². The molecule has 2 aliphatic rings. The van der Waals surface area contributed by atoms with Gasteiger partial charge in [-0.05, 0) is 48.4 Å². The number of rotatable bonds is 4. The Kier molecular flexibility index (Phi) is 4.59. The number of benzene rings is 2. The van der Waals surface area contributed by atoms with Crippen molar-refractivity contribution >= 4 is 11.7 Å². The molecule has 1 heterocycles. The number of aryl methyl sites for hydroxylation is 1. The van der Waals surface area contributed by atoms with Crippen molar-refractivity contribution < 1.29 is 4.79 Å². The average Bonchev–Trinajstić information content (AvgIpc) is 3.28. The van der Waals surface area contributed by atoms with Gasteiger partial charge >= 0.3 is 6.03 Å². The summed E-state index contributed by atoms with van der Waals surface area (Å²) < 4.78 is 0. The lowest BCUT2D eigenvalue weighted by atomic mass is 10.1. The van der Waals surface area contributed by atoms with E-state index in [4.69, 9.17) is 0 Å². The summed E-state index contributed by atoms with van der Waals surface area (Å²) in [6.45, 7) is 2.81. The van der Waals surface area contributed by atoms with Crippen LogP contribution in [0.2, 0.25) is 0 Å². The fourth-order valence-electron chi connectivity index (χ4n) is 4.03. The lowest BCUT2D eigenvalue weighted by molar-refractivity contribution is 0.235. The summed E-state index contributed by atoms with van der Waals surface area (Å²) in [4.78, 5) is 14.7. The molecule has 2 aromatic rings. The van der Waals surface area contributed by atoms with Crippen LogP contribution in [0.3, 0.4) is 0 Å². The van der Waals surface area contributed by atoms with Gasteiger partial charge in [-0.2, -0.15) is 0 Å². The Bertz CT molecular complexity index is 731. The van der Waals surface area contributed by atoms with Gasteiger partial charge in [-0.3, -0.25) is 0 Å². The molecule has 4 nitrogen and oxygen atoms in total. The van der Waals surface area contributed by atoms with Crippen molar-refractivity contribution in [1.29, 1.82) is 0 Å². The second-order valence-electron chi connectivity index (χ2n) is 7.08. The first-order valence-electron chi connectivity index (χ1n) is 9.22. The first-order valence-corrected chi connectivity index (χ1v) is 9.22. The SMILES string of the molecule is O=C(NC[C@@H]1CCN(c2ccccc2)C1)N[C@H]1CCc2ccccc21. The number of nitrogens with one attached hydrogen (secondary N) is 2. The Balaban J connectivity index is 1.25. The molecule has 0 radical (unpaired) electrons. The number of carbonyl (C=O) groups excluding carboxylic acids is 1. The monoisotopic (exact) mass is 335 g/mol. The van der Waals surface area contributed by atoms with Gasteiger partial charge in [0.15, 0.2) is 0 Å². The van der Waals surface area contributed by atoms with Gasteiger partial charge in [-0.1, -0.05) is 42.5 Å². The quantitative estimate of drug-likeness (QED) is 0.898. The molecule has 2 atom stereocenters. The number of hydrogen-bond donors (Lipinski definition) is 2. The smallest absolute Gasteiger partial charge is 0.315 e. The van der Waals surface area contributed by atoms with Crippen molar-refractivity contribution in [1.82, 2.24) is 10.6 Å². The number of nitrogens with zero attached hydrogens (tertiary/aromatic N) is 1. The fraction of sp³-hybridized carbons (Fsp3) is 0.381. The number of carbonyl (C=O) groups is 1. The van der Waals surface area contributed by atoms with Gasteiger partial charge in [0.2, 0.25) is 0 Å². The van der Waals surface area contributed by atoms with Crippen molar-refractivity contribution in [3.05, 3.63) is 65.7 Å². The van der Waals surface area contributed by atoms with E-state index in [9.17, 15) is 4.79 Å². The van der Waals surface area contributed by atoms with E-state index in [0.29, 0.717) is 5.92 Å². The molecule has 1 aliphatic carbocycles. The molecule has 0 aromatic heterocycles. The summed E-state index contributed by atoms with van der Waals surface area (Å²) in [5, 5.41) is 6.22. The third-order valence-corrected chi connectivity index (χ3v) is 5.40. The summed E-state index contributed by atoms with van der Waals surface area (Å²) in [6, 6.07) is 19.0. The molecule has 1 saturated heterocycles. The van der Waals surface area contributed by atoms with Crippen LogP contribution in [0, 0.1) is 5.92 Å². The Morgan fingerprint density at radius 3 is 2.72 bits per heavy atom. The summed E-state index contributed by atoms with van der Waals surface area (Å²) in [7, 11) is 0. The van der Waals surface area contributed by atoms with E-state index in [0.717, 1.165) is 38.9 Å². The fourth-order valence-corrected chi connectivity index (χ4v) is 4.03. The third-order valence-electron chi connectivity index (χ3n) is 5.40. The highest BCUT2D eigenvalue weighted by Gasteiger charge is 2.25. The van der Waals surface area contributed by atoms with Crippen molar-refractivity contribution in [2.24, 2.45) is 5.92 Å². The molecule has 25 heavy (non-hydrogen) atoms. The number of para-hydroxylation sites is 1. The molecule has 2 amide bonds. The molecular formula is C21H25N3O. The number of fused-ring (bicyclic) bond motifs is 1. The number of amides is 2. The minimum Gasteiger partial charge on any atom is -0.371 e. The number of anilines is 1. The van der Waals surface area contributed by atoms with Gasteiger partial charge in [0, 0.05) is 25.3 Å².